The lowest BCUT2D eigenvalue weighted by Crippen LogP contribution is -2.47. The van der Waals surface area contributed by atoms with Gasteiger partial charge in [-0.15, -0.1) is 0 Å². The highest BCUT2D eigenvalue weighted by molar-refractivity contribution is 5.48. The molecule has 4 heteroatoms. The summed E-state index contributed by atoms with van der Waals surface area (Å²) in [5.74, 6) is -0.131. The molecule has 1 atom stereocenters. The van der Waals surface area contributed by atoms with Gasteiger partial charge in [0, 0.05) is 44.6 Å². The Hall–Kier alpha value is -1.94. The Morgan fingerprint density at radius 1 is 1.00 bits per heavy atom. The molecule has 0 amide bonds. The number of halogens is 1. The number of nitrogens with zero attached hydrogens (tertiary/aromatic N) is 3. The summed E-state index contributed by atoms with van der Waals surface area (Å²) < 4.78 is 13.8. The molecule has 2 heterocycles. The molecule has 1 unspecified atom stereocenters. The van der Waals surface area contributed by atoms with Crippen LogP contribution in [0.5, 0.6) is 0 Å². The summed E-state index contributed by atoms with van der Waals surface area (Å²) in [6.07, 6.45) is 3.67. The van der Waals surface area contributed by atoms with Crippen LogP contribution < -0.4 is 4.90 Å². The van der Waals surface area contributed by atoms with Crippen molar-refractivity contribution < 1.29 is 4.39 Å². The van der Waals surface area contributed by atoms with Gasteiger partial charge in [-0.1, -0.05) is 12.1 Å². The molecular formula is C17H20FN3. The van der Waals surface area contributed by atoms with E-state index in [2.05, 4.69) is 33.8 Å². The van der Waals surface area contributed by atoms with Crippen LogP contribution in [0, 0.1) is 5.82 Å². The average molecular weight is 285 g/mol. The number of para-hydroxylation sites is 1. The van der Waals surface area contributed by atoms with Crippen LogP contribution in [0.1, 0.15) is 18.5 Å². The summed E-state index contributed by atoms with van der Waals surface area (Å²) in [5, 5.41) is 0. The molecule has 2 aromatic rings. The normalized spacial score (nSPS) is 17.7. The minimum atomic E-state index is -0.131. The molecule has 0 radical (unpaired) electrons. The smallest absolute Gasteiger partial charge is 0.146 e. The quantitative estimate of drug-likeness (QED) is 0.864. The van der Waals surface area contributed by atoms with Gasteiger partial charge in [0.1, 0.15) is 5.82 Å². The molecule has 1 aromatic carbocycles. The molecule has 0 aliphatic carbocycles. The van der Waals surface area contributed by atoms with Crippen LogP contribution in [0.25, 0.3) is 0 Å². The predicted octanol–water partition coefficient (Wildman–Crippen LogP) is 3.10. The largest absolute Gasteiger partial charge is 0.367 e. The number of piperazine rings is 1. The highest BCUT2D eigenvalue weighted by Gasteiger charge is 2.23. The first-order chi connectivity index (χ1) is 10.3. The van der Waals surface area contributed by atoms with Crippen molar-refractivity contribution in [2.75, 3.05) is 31.1 Å². The molecule has 0 saturated carbocycles. The summed E-state index contributed by atoms with van der Waals surface area (Å²) in [5.41, 5.74) is 2.00. The number of hydrogen-bond donors (Lipinski definition) is 0. The van der Waals surface area contributed by atoms with Gasteiger partial charge >= 0.3 is 0 Å². The van der Waals surface area contributed by atoms with Gasteiger partial charge in [0.05, 0.1) is 5.69 Å². The topological polar surface area (TPSA) is 19.4 Å². The Morgan fingerprint density at radius 3 is 2.33 bits per heavy atom. The summed E-state index contributed by atoms with van der Waals surface area (Å²) in [7, 11) is 0. The van der Waals surface area contributed by atoms with Gasteiger partial charge in [-0.3, -0.25) is 9.88 Å². The van der Waals surface area contributed by atoms with Gasteiger partial charge in [-0.25, -0.2) is 4.39 Å². The standard InChI is InChI=1S/C17H20FN3/c1-14(15-6-8-19-9-7-15)20-10-12-21(13-11-20)17-5-3-2-4-16(17)18/h2-9,14H,10-13H2,1H3. The predicted molar refractivity (Wildman–Crippen MR) is 82.8 cm³/mol. The van der Waals surface area contributed by atoms with Gasteiger partial charge in [0.25, 0.3) is 0 Å². The van der Waals surface area contributed by atoms with Crippen LogP contribution in [0.3, 0.4) is 0 Å². The fourth-order valence-electron chi connectivity index (χ4n) is 2.91. The lowest BCUT2D eigenvalue weighted by molar-refractivity contribution is 0.198. The summed E-state index contributed by atoms with van der Waals surface area (Å²) in [6.45, 7) is 5.82. The van der Waals surface area contributed by atoms with E-state index in [1.54, 1.807) is 6.07 Å². The second-order valence-corrected chi connectivity index (χ2v) is 5.43. The van der Waals surface area contributed by atoms with Crippen molar-refractivity contribution in [1.82, 2.24) is 9.88 Å². The third-order valence-corrected chi connectivity index (χ3v) is 4.24. The zero-order valence-electron chi connectivity index (χ0n) is 12.2. The van der Waals surface area contributed by atoms with Crippen LogP contribution in [0.2, 0.25) is 0 Å². The first-order valence-electron chi connectivity index (χ1n) is 7.39. The van der Waals surface area contributed by atoms with Crippen molar-refractivity contribution in [2.45, 2.75) is 13.0 Å². The summed E-state index contributed by atoms with van der Waals surface area (Å²) >= 11 is 0. The third-order valence-electron chi connectivity index (χ3n) is 4.24. The van der Waals surface area contributed by atoms with Crippen LogP contribution in [-0.2, 0) is 0 Å². The van der Waals surface area contributed by atoms with Gasteiger partial charge in [-0.2, -0.15) is 0 Å². The minimum absolute atomic E-state index is 0.131. The Kier molecular flexibility index (Phi) is 4.15. The summed E-state index contributed by atoms with van der Waals surface area (Å²) in [6, 6.07) is 11.5. The van der Waals surface area contributed by atoms with Crippen molar-refractivity contribution in [3.63, 3.8) is 0 Å². The highest BCUT2D eigenvalue weighted by Crippen LogP contribution is 2.24. The molecule has 1 fully saturated rings. The van der Waals surface area contributed by atoms with Crippen molar-refractivity contribution in [2.24, 2.45) is 0 Å². The summed E-state index contributed by atoms with van der Waals surface area (Å²) in [4.78, 5) is 8.63. The minimum Gasteiger partial charge on any atom is -0.367 e. The number of rotatable bonds is 3. The lowest BCUT2D eigenvalue weighted by atomic mass is 10.1. The van der Waals surface area contributed by atoms with Crippen molar-refractivity contribution >= 4 is 5.69 Å². The third kappa shape index (κ3) is 3.05. The van der Waals surface area contributed by atoms with Crippen LogP contribution in [-0.4, -0.2) is 36.1 Å². The van der Waals surface area contributed by atoms with E-state index in [1.807, 2.05) is 24.5 Å². The van der Waals surface area contributed by atoms with Crippen LogP contribution in [0.15, 0.2) is 48.8 Å². The highest BCUT2D eigenvalue weighted by atomic mass is 19.1. The molecule has 21 heavy (non-hydrogen) atoms. The van der Waals surface area contributed by atoms with Crippen molar-refractivity contribution in [3.8, 4) is 0 Å². The molecule has 1 aliphatic heterocycles. The molecule has 0 N–H and O–H groups in total. The second kappa shape index (κ2) is 6.22. The van der Waals surface area contributed by atoms with Gasteiger partial charge in [0.15, 0.2) is 0 Å². The monoisotopic (exact) mass is 285 g/mol. The number of hydrogen-bond acceptors (Lipinski definition) is 3. The molecule has 1 saturated heterocycles. The zero-order chi connectivity index (χ0) is 14.7. The maximum Gasteiger partial charge on any atom is 0.146 e. The molecule has 3 nitrogen and oxygen atoms in total. The maximum atomic E-state index is 13.8. The van der Waals surface area contributed by atoms with Crippen molar-refractivity contribution in [3.05, 3.63) is 60.2 Å². The lowest BCUT2D eigenvalue weighted by Gasteiger charge is -2.39. The molecular weight excluding hydrogens is 265 g/mol. The second-order valence-electron chi connectivity index (χ2n) is 5.43. The van der Waals surface area contributed by atoms with E-state index < -0.39 is 0 Å². The maximum absolute atomic E-state index is 13.8. The van der Waals surface area contributed by atoms with Crippen molar-refractivity contribution in [1.29, 1.82) is 0 Å². The Labute approximate surface area is 125 Å². The molecule has 1 aliphatic rings. The van der Waals surface area contributed by atoms with Crippen LogP contribution >= 0.6 is 0 Å². The van der Waals surface area contributed by atoms with E-state index in [4.69, 9.17) is 0 Å². The Bertz CT molecular complexity index is 580. The SMILES string of the molecule is CC(c1ccncc1)N1CCN(c2ccccc2F)CC1. The number of benzene rings is 1. The van der Waals surface area contributed by atoms with E-state index in [-0.39, 0.29) is 5.82 Å². The van der Waals surface area contributed by atoms with E-state index in [0.717, 1.165) is 26.2 Å². The number of aromatic nitrogens is 1. The first kappa shape index (κ1) is 14.0. The van der Waals surface area contributed by atoms with E-state index in [1.165, 1.54) is 11.6 Å². The average Bonchev–Trinajstić information content (AvgIpc) is 2.56. The molecule has 0 bridgehead atoms. The van der Waals surface area contributed by atoms with E-state index in [0.29, 0.717) is 11.7 Å². The Balaban J connectivity index is 1.64. The first-order valence-corrected chi connectivity index (χ1v) is 7.39. The number of anilines is 1. The van der Waals surface area contributed by atoms with Crippen LogP contribution in [0.4, 0.5) is 10.1 Å². The molecule has 1 aromatic heterocycles. The number of pyridine rings is 1. The molecule has 110 valence electrons. The van der Waals surface area contributed by atoms with E-state index in [9.17, 15) is 4.39 Å². The molecule has 0 spiro atoms. The van der Waals surface area contributed by atoms with Gasteiger partial charge < -0.3 is 4.90 Å². The van der Waals surface area contributed by atoms with E-state index >= 15 is 0 Å². The van der Waals surface area contributed by atoms with Gasteiger partial charge in [-0.05, 0) is 36.8 Å². The zero-order valence-corrected chi connectivity index (χ0v) is 12.2. The Morgan fingerprint density at radius 2 is 1.67 bits per heavy atom. The fourth-order valence-corrected chi connectivity index (χ4v) is 2.91. The van der Waals surface area contributed by atoms with Gasteiger partial charge in [0.2, 0.25) is 0 Å². The molecule has 3 rings (SSSR count). The fraction of sp³-hybridized carbons (Fsp3) is 0.353.